The van der Waals surface area contributed by atoms with Gasteiger partial charge in [0.1, 0.15) is 0 Å². The second-order valence-corrected chi connectivity index (χ2v) is 5.92. The van der Waals surface area contributed by atoms with Crippen molar-refractivity contribution in [2.24, 2.45) is 10.9 Å². The van der Waals surface area contributed by atoms with Crippen molar-refractivity contribution in [1.82, 2.24) is 10.6 Å². The lowest BCUT2D eigenvalue weighted by molar-refractivity contribution is 0.130. The highest BCUT2D eigenvalue weighted by atomic mass is 16.5. The van der Waals surface area contributed by atoms with Crippen LogP contribution in [0.4, 0.5) is 0 Å². The van der Waals surface area contributed by atoms with Crippen LogP contribution in [0, 0.1) is 5.92 Å². The van der Waals surface area contributed by atoms with Crippen LogP contribution in [0.15, 0.2) is 16.6 Å². The predicted octanol–water partition coefficient (Wildman–Crippen LogP) is 2.34. The van der Waals surface area contributed by atoms with E-state index in [2.05, 4.69) is 42.5 Å². The molecule has 2 N–H and O–H groups in total. The molecule has 1 heterocycles. The number of nitrogens with zero attached hydrogens (tertiary/aromatic N) is 1. The van der Waals surface area contributed by atoms with Crippen LogP contribution >= 0.6 is 0 Å². The lowest BCUT2D eigenvalue weighted by Crippen LogP contribution is -2.38. The maximum Gasteiger partial charge on any atom is 0.191 e. The van der Waals surface area contributed by atoms with Crippen molar-refractivity contribution in [3.63, 3.8) is 0 Å². The lowest BCUT2D eigenvalue weighted by atomic mass is 10.1. The molecule has 128 valence electrons. The van der Waals surface area contributed by atoms with E-state index < -0.39 is 0 Å². The molecule has 0 spiro atoms. The molecular weight excluding hydrogens is 278 g/mol. The van der Waals surface area contributed by atoms with Gasteiger partial charge < -0.3 is 20.1 Å². The predicted molar refractivity (Wildman–Crippen MR) is 92.4 cm³/mol. The molecule has 0 aromatic heterocycles. The minimum absolute atomic E-state index is 0.686. The van der Waals surface area contributed by atoms with Crippen LogP contribution < -0.4 is 10.6 Å². The smallest absolute Gasteiger partial charge is 0.191 e. The molecule has 0 amide bonds. The Bertz CT molecular complexity index is 341. The molecular formula is C17H33N3O2. The number of aliphatic imine (C=N–C) groups is 1. The largest absolute Gasteiger partial charge is 0.380 e. The van der Waals surface area contributed by atoms with Crippen molar-refractivity contribution < 1.29 is 9.47 Å². The molecule has 5 nitrogen and oxygen atoms in total. The SMILES string of the molecule is CCNC(=NCCOCCC(C)C)NCCC1=CCOCC1. The summed E-state index contributed by atoms with van der Waals surface area (Å²) in [6.45, 7) is 12.1. The second kappa shape index (κ2) is 12.5. The van der Waals surface area contributed by atoms with Crippen molar-refractivity contribution in [1.29, 1.82) is 0 Å². The summed E-state index contributed by atoms with van der Waals surface area (Å²) in [5, 5.41) is 6.65. The number of nitrogens with one attached hydrogen (secondary N) is 2. The first-order valence-electron chi connectivity index (χ1n) is 8.58. The standard InChI is InChI=1S/C17H33N3O2/c1-4-18-17(20-10-14-22-11-6-15(2)3)19-9-5-16-7-12-21-13-8-16/h7,15H,4-6,8-14H2,1-3H3,(H2,18,19,20). The van der Waals surface area contributed by atoms with E-state index in [-0.39, 0.29) is 0 Å². The van der Waals surface area contributed by atoms with E-state index in [1.807, 2.05) is 0 Å². The highest BCUT2D eigenvalue weighted by Crippen LogP contribution is 2.10. The van der Waals surface area contributed by atoms with E-state index in [9.17, 15) is 0 Å². The molecule has 22 heavy (non-hydrogen) atoms. The monoisotopic (exact) mass is 311 g/mol. The third kappa shape index (κ3) is 9.79. The molecule has 0 unspecified atom stereocenters. The quantitative estimate of drug-likeness (QED) is 0.281. The summed E-state index contributed by atoms with van der Waals surface area (Å²) in [5.41, 5.74) is 1.48. The fourth-order valence-electron chi connectivity index (χ4n) is 2.12. The maximum atomic E-state index is 5.59. The van der Waals surface area contributed by atoms with Crippen LogP contribution in [0.3, 0.4) is 0 Å². The van der Waals surface area contributed by atoms with E-state index in [0.717, 1.165) is 58.1 Å². The normalized spacial score (nSPS) is 15.8. The molecule has 5 heteroatoms. The maximum absolute atomic E-state index is 5.59. The van der Waals surface area contributed by atoms with Crippen LogP contribution in [-0.2, 0) is 9.47 Å². The van der Waals surface area contributed by atoms with Crippen LogP contribution in [0.1, 0.15) is 40.0 Å². The highest BCUT2D eigenvalue weighted by molar-refractivity contribution is 5.79. The Balaban J connectivity index is 2.16. The molecule has 0 aromatic rings. The van der Waals surface area contributed by atoms with E-state index in [1.165, 1.54) is 5.57 Å². The van der Waals surface area contributed by atoms with Crippen LogP contribution in [0.5, 0.6) is 0 Å². The van der Waals surface area contributed by atoms with Crippen LogP contribution in [-0.4, -0.2) is 52.0 Å². The van der Waals surface area contributed by atoms with Crippen LogP contribution in [0.2, 0.25) is 0 Å². The van der Waals surface area contributed by atoms with Gasteiger partial charge in [-0.05, 0) is 32.1 Å². The molecule has 0 saturated carbocycles. The molecule has 1 rings (SSSR count). The van der Waals surface area contributed by atoms with Crippen molar-refractivity contribution in [3.05, 3.63) is 11.6 Å². The summed E-state index contributed by atoms with van der Waals surface area (Å²) in [4.78, 5) is 4.54. The summed E-state index contributed by atoms with van der Waals surface area (Å²) in [6, 6.07) is 0. The molecule has 0 bridgehead atoms. The Hall–Kier alpha value is -1.07. The number of rotatable bonds is 10. The summed E-state index contributed by atoms with van der Waals surface area (Å²) >= 11 is 0. The number of hydrogen-bond acceptors (Lipinski definition) is 3. The van der Waals surface area contributed by atoms with Gasteiger partial charge in [0.05, 0.1) is 26.4 Å². The number of hydrogen-bond donors (Lipinski definition) is 2. The van der Waals surface area contributed by atoms with E-state index in [4.69, 9.17) is 9.47 Å². The molecule has 0 fully saturated rings. The average molecular weight is 311 g/mol. The fourth-order valence-corrected chi connectivity index (χ4v) is 2.12. The van der Waals surface area contributed by atoms with Gasteiger partial charge in [0.25, 0.3) is 0 Å². The topological polar surface area (TPSA) is 54.9 Å². The van der Waals surface area contributed by atoms with Crippen molar-refractivity contribution in [3.8, 4) is 0 Å². The third-order valence-electron chi connectivity index (χ3n) is 3.49. The molecule has 0 atom stereocenters. The summed E-state index contributed by atoms with van der Waals surface area (Å²) in [5.74, 6) is 1.57. The first kappa shape index (κ1) is 19.0. The molecule has 1 aliphatic rings. The number of guanidine groups is 1. The minimum Gasteiger partial charge on any atom is -0.380 e. The Labute approximate surface area is 135 Å². The molecule has 0 aromatic carbocycles. The summed E-state index contributed by atoms with van der Waals surface area (Å²) < 4.78 is 10.9. The second-order valence-electron chi connectivity index (χ2n) is 5.92. The molecule has 0 radical (unpaired) electrons. The zero-order chi connectivity index (χ0) is 16.0. The van der Waals surface area contributed by atoms with Gasteiger partial charge in [0, 0.05) is 19.7 Å². The summed E-state index contributed by atoms with van der Waals surface area (Å²) in [7, 11) is 0. The Morgan fingerprint density at radius 3 is 2.91 bits per heavy atom. The Kier molecular flexibility index (Phi) is 10.8. The summed E-state index contributed by atoms with van der Waals surface area (Å²) in [6.07, 6.45) is 5.41. The molecule has 0 aliphatic carbocycles. The highest BCUT2D eigenvalue weighted by Gasteiger charge is 2.04. The Morgan fingerprint density at radius 2 is 2.23 bits per heavy atom. The first-order chi connectivity index (χ1) is 10.7. The van der Waals surface area contributed by atoms with Gasteiger partial charge in [-0.3, -0.25) is 4.99 Å². The van der Waals surface area contributed by atoms with Gasteiger partial charge in [-0.1, -0.05) is 25.5 Å². The molecule has 0 saturated heterocycles. The van der Waals surface area contributed by atoms with E-state index >= 15 is 0 Å². The van der Waals surface area contributed by atoms with Gasteiger partial charge in [0.15, 0.2) is 5.96 Å². The first-order valence-corrected chi connectivity index (χ1v) is 8.58. The third-order valence-corrected chi connectivity index (χ3v) is 3.49. The van der Waals surface area contributed by atoms with Gasteiger partial charge in [0.2, 0.25) is 0 Å². The van der Waals surface area contributed by atoms with Crippen LogP contribution in [0.25, 0.3) is 0 Å². The Morgan fingerprint density at radius 1 is 1.36 bits per heavy atom. The van der Waals surface area contributed by atoms with Gasteiger partial charge in [-0.2, -0.15) is 0 Å². The fraction of sp³-hybridized carbons (Fsp3) is 0.824. The lowest BCUT2D eigenvalue weighted by Gasteiger charge is -2.15. The van der Waals surface area contributed by atoms with E-state index in [1.54, 1.807) is 0 Å². The van der Waals surface area contributed by atoms with Crippen molar-refractivity contribution >= 4 is 5.96 Å². The van der Waals surface area contributed by atoms with Gasteiger partial charge in [-0.25, -0.2) is 0 Å². The van der Waals surface area contributed by atoms with Crippen molar-refractivity contribution in [2.75, 3.05) is 46.1 Å². The van der Waals surface area contributed by atoms with Gasteiger partial charge >= 0.3 is 0 Å². The zero-order valence-electron chi connectivity index (χ0n) is 14.5. The minimum atomic E-state index is 0.686. The average Bonchev–Trinajstić information content (AvgIpc) is 2.51. The number of ether oxygens (including phenoxy) is 2. The van der Waals surface area contributed by atoms with E-state index in [0.29, 0.717) is 19.1 Å². The zero-order valence-corrected chi connectivity index (χ0v) is 14.5. The van der Waals surface area contributed by atoms with Gasteiger partial charge in [-0.15, -0.1) is 0 Å². The molecule has 1 aliphatic heterocycles. The van der Waals surface area contributed by atoms with Crippen molar-refractivity contribution in [2.45, 2.75) is 40.0 Å².